The Morgan fingerprint density at radius 3 is 2.50 bits per heavy atom. The summed E-state index contributed by atoms with van der Waals surface area (Å²) in [5, 5.41) is 0.918. The number of fused-ring (bicyclic) bond motifs is 9. The maximum absolute atomic E-state index is 13.5. The number of esters is 1. The van der Waals surface area contributed by atoms with Crippen LogP contribution < -0.4 is 14.3 Å². The zero-order valence-corrected chi connectivity index (χ0v) is 21.6. The third-order valence-corrected chi connectivity index (χ3v) is 10.8. The highest BCUT2D eigenvalue weighted by Crippen LogP contribution is 2.68. The molecule has 2 saturated carbocycles. The highest BCUT2D eigenvalue weighted by Gasteiger charge is 2.69. The van der Waals surface area contributed by atoms with Gasteiger partial charge in [-0.15, -0.1) is 11.8 Å². The fraction of sp³-hybridized carbons (Fsp3) is 0.520. The molecule has 2 aromatic rings. The molecule has 0 spiro atoms. The van der Waals surface area contributed by atoms with Crippen molar-refractivity contribution in [3.63, 3.8) is 0 Å². The van der Waals surface area contributed by atoms with Gasteiger partial charge in [-0.05, 0) is 48.8 Å². The van der Waals surface area contributed by atoms with Gasteiger partial charge >= 0.3 is 10.8 Å². The average molecular weight is 531 g/mol. The minimum Gasteiger partial charge on any atom is -0.493 e. The van der Waals surface area contributed by atoms with Crippen molar-refractivity contribution in [1.82, 2.24) is 9.88 Å². The first kappa shape index (κ1) is 23.6. The Bertz CT molecular complexity index is 1320. The molecule has 2 aliphatic heterocycles. The second-order valence-corrected chi connectivity index (χ2v) is 11.8. The van der Waals surface area contributed by atoms with E-state index in [-0.39, 0.29) is 58.8 Å². The van der Waals surface area contributed by atoms with Crippen LogP contribution in [0.4, 0.5) is 0 Å². The number of thioether (sulfide) groups is 1. The molecule has 0 radical (unpaired) electrons. The molecule has 3 fully saturated rings. The van der Waals surface area contributed by atoms with E-state index >= 15 is 0 Å². The number of aromatic amines is 1. The molecule has 1 aromatic heterocycles. The van der Waals surface area contributed by atoms with E-state index in [1.165, 1.54) is 11.3 Å². The van der Waals surface area contributed by atoms with Crippen LogP contribution in [0.3, 0.4) is 0 Å². The minimum absolute atomic E-state index is 0.00200. The average Bonchev–Trinajstić information content (AvgIpc) is 3.59. The summed E-state index contributed by atoms with van der Waals surface area (Å²) in [6.45, 7) is 1.56. The Morgan fingerprint density at radius 1 is 1.08 bits per heavy atom. The SMILES string of the molecule is CCOC(=O)CN1C(=O)[C@@H]2[C@H]3C[C@@H]([C@@H]2C1=O)[C@@H]1[C@@H](c2ccc(OC)c(OC)c2)c2sc(=O)[nH]c2S[C@@H]31. The van der Waals surface area contributed by atoms with E-state index < -0.39 is 17.8 Å². The maximum Gasteiger partial charge on any atom is 0.326 e. The Labute approximate surface area is 215 Å². The lowest BCUT2D eigenvalue weighted by molar-refractivity contribution is -0.153. The Kier molecular flexibility index (Phi) is 5.67. The quantitative estimate of drug-likeness (QED) is 0.448. The van der Waals surface area contributed by atoms with Crippen LogP contribution in [0.1, 0.15) is 29.7 Å². The number of benzene rings is 1. The number of nitrogens with zero attached hydrogens (tertiary/aromatic N) is 1. The van der Waals surface area contributed by atoms with E-state index in [1.807, 2.05) is 18.2 Å². The number of carbonyl (C=O) groups is 3. The summed E-state index contributed by atoms with van der Waals surface area (Å²) >= 11 is 2.83. The van der Waals surface area contributed by atoms with Crippen LogP contribution in [-0.2, 0) is 19.1 Å². The van der Waals surface area contributed by atoms with Gasteiger partial charge in [-0.1, -0.05) is 17.4 Å². The number of imide groups is 1. The van der Waals surface area contributed by atoms with Gasteiger partial charge in [0, 0.05) is 16.0 Å². The number of aromatic nitrogens is 1. The van der Waals surface area contributed by atoms with Crippen LogP contribution in [0.15, 0.2) is 28.0 Å². The summed E-state index contributed by atoms with van der Waals surface area (Å²) < 4.78 is 16.0. The monoisotopic (exact) mass is 530 g/mol. The minimum atomic E-state index is -0.568. The summed E-state index contributed by atoms with van der Waals surface area (Å²) in [5.41, 5.74) is 0.990. The summed E-state index contributed by atoms with van der Waals surface area (Å²) in [6.07, 6.45) is 0.783. The molecule has 190 valence electrons. The standard InChI is InChI=1S/C25H26N2O7S2/c1-4-34-15(28)9-27-23(29)18-11-8-12(19(18)24(27)30)20-17(11)16(21-22(35-20)26-25(31)36-21)10-5-6-13(32-2)14(7-10)33-3/h5-7,11-12,16-20H,4,8-9H2,1-3H3,(H,26,31)/t11-,12-,16-,17-,18+,19-,20+/m1/s1. The number of carbonyl (C=O) groups excluding carboxylic acids is 3. The highest BCUT2D eigenvalue weighted by molar-refractivity contribution is 8.00. The van der Waals surface area contributed by atoms with Crippen LogP contribution in [0, 0.1) is 29.6 Å². The lowest BCUT2D eigenvalue weighted by atomic mass is 9.68. The molecular formula is C25H26N2O7S2. The van der Waals surface area contributed by atoms with E-state index in [9.17, 15) is 19.2 Å². The van der Waals surface area contributed by atoms with Gasteiger partial charge in [0.25, 0.3) is 0 Å². The molecule has 2 amide bonds. The predicted molar refractivity (Wildman–Crippen MR) is 131 cm³/mol. The van der Waals surface area contributed by atoms with Gasteiger partial charge in [0.05, 0.1) is 37.7 Å². The zero-order chi connectivity index (χ0) is 25.3. The molecule has 6 rings (SSSR count). The molecule has 1 aromatic carbocycles. The van der Waals surface area contributed by atoms with Crippen molar-refractivity contribution >= 4 is 40.9 Å². The highest BCUT2D eigenvalue weighted by atomic mass is 32.2. The lowest BCUT2D eigenvalue weighted by Gasteiger charge is -2.43. The number of nitrogens with one attached hydrogen (secondary N) is 1. The first-order chi connectivity index (χ1) is 17.4. The molecule has 7 atom stereocenters. The second-order valence-electron chi connectivity index (χ2n) is 9.64. The van der Waals surface area contributed by atoms with Gasteiger partial charge in [0.15, 0.2) is 11.5 Å². The fourth-order valence-electron chi connectivity index (χ4n) is 6.99. The molecule has 9 nitrogen and oxygen atoms in total. The second kappa shape index (κ2) is 8.65. The van der Waals surface area contributed by atoms with Crippen molar-refractivity contribution < 1.29 is 28.6 Å². The van der Waals surface area contributed by atoms with Crippen molar-refractivity contribution in [2.24, 2.45) is 29.6 Å². The first-order valence-corrected chi connectivity index (χ1v) is 13.7. The van der Waals surface area contributed by atoms with E-state index in [1.54, 1.807) is 32.9 Å². The Morgan fingerprint density at radius 2 is 1.81 bits per heavy atom. The molecule has 1 N–H and O–H groups in total. The van der Waals surface area contributed by atoms with Crippen molar-refractivity contribution in [1.29, 1.82) is 0 Å². The van der Waals surface area contributed by atoms with Crippen molar-refractivity contribution in [3.8, 4) is 11.5 Å². The largest absolute Gasteiger partial charge is 0.493 e. The molecule has 3 heterocycles. The van der Waals surface area contributed by atoms with E-state index in [0.29, 0.717) is 11.5 Å². The molecule has 2 aliphatic carbocycles. The van der Waals surface area contributed by atoms with E-state index in [0.717, 1.165) is 26.8 Å². The molecule has 4 aliphatic rings. The number of amides is 2. The number of hydrogen-bond donors (Lipinski definition) is 1. The Hall–Kier alpha value is -2.79. The van der Waals surface area contributed by atoms with Crippen LogP contribution >= 0.6 is 23.1 Å². The van der Waals surface area contributed by atoms with E-state index in [4.69, 9.17) is 14.2 Å². The molecule has 1 saturated heterocycles. The molecule has 36 heavy (non-hydrogen) atoms. The van der Waals surface area contributed by atoms with Crippen molar-refractivity contribution in [3.05, 3.63) is 38.3 Å². The summed E-state index contributed by atoms with van der Waals surface area (Å²) in [5.74, 6) is -0.839. The van der Waals surface area contributed by atoms with Gasteiger partial charge in [0.2, 0.25) is 11.8 Å². The van der Waals surface area contributed by atoms with Gasteiger partial charge in [-0.25, -0.2) is 0 Å². The maximum atomic E-state index is 13.5. The number of ether oxygens (including phenoxy) is 3. The topological polar surface area (TPSA) is 115 Å². The number of methoxy groups -OCH3 is 2. The zero-order valence-electron chi connectivity index (χ0n) is 20.0. The van der Waals surface area contributed by atoms with Gasteiger partial charge < -0.3 is 19.2 Å². The number of likely N-dealkylation sites (tertiary alicyclic amines) is 1. The predicted octanol–water partition coefficient (Wildman–Crippen LogP) is 2.49. The first-order valence-electron chi connectivity index (χ1n) is 12.0. The lowest BCUT2D eigenvalue weighted by Crippen LogP contribution is -2.42. The number of H-pyrrole nitrogens is 1. The third kappa shape index (κ3) is 3.28. The van der Waals surface area contributed by atoms with Gasteiger partial charge in [-0.2, -0.15) is 0 Å². The van der Waals surface area contributed by atoms with E-state index in [2.05, 4.69) is 4.98 Å². The van der Waals surface area contributed by atoms with Crippen LogP contribution in [0.2, 0.25) is 0 Å². The Balaban J connectivity index is 1.41. The number of thiazole rings is 1. The fourth-order valence-corrected chi connectivity index (χ4v) is 9.88. The van der Waals surface area contributed by atoms with Crippen molar-refractivity contribution in [2.75, 3.05) is 27.4 Å². The summed E-state index contributed by atoms with van der Waals surface area (Å²) in [4.78, 5) is 56.3. The summed E-state index contributed by atoms with van der Waals surface area (Å²) in [6, 6.07) is 5.80. The van der Waals surface area contributed by atoms with Crippen LogP contribution in [-0.4, -0.2) is 60.3 Å². The number of rotatable bonds is 6. The van der Waals surface area contributed by atoms with Crippen molar-refractivity contribution in [2.45, 2.75) is 29.5 Å². The van der Waals surface area contributed by atoms with Gasteiger partial charge in [-0.3, -0.25) is 24.1 Å². The molecule has 11 heteroatoms. The smallest absolute Gasteiger partial charge is 0.326 e. The summed E-state index contributed by atoms with van der Waals surface area (Å²) in [7, 11) is 3.17. The van der Waals surface area contributed by atoms with Gasteiger partial charge in [0.1, 0.15) is 6.54 Å². The number of hydrogen-bond acceptors (Lipinski definition) is 9. The third-order valence-electron chi connectivity index (χ3n) is 8.17. The normalized spacial score (nSPS) is 31.8. The molecular weight excluding hydrogens is 504 g/mol. The van der Waals surface area contributed by atoms with Crippen LogP contribution in [0.25, 0.3) is 0 Å². The molecule has 2 bridgehead atoms. The molecule has 0 unspecified atom stereocenters. The van der Waals surface area contributed by atoms with Crippen LogP contribution in [0.5, 0.6) is 11.5 Å².